The largest absolute Gasteiger partial charge is 0.507 e. The van der Waals surface area contributed by atoms with Crippen LogP contribution < -0.4 is 0 Å². The predicted molar refractivity (Wildman–Crippen MR) is 60.8 cm³/mol. The molecule has 1 N–H and O–H groups in total. The highest BCUT2D eigenvalue weighted by molar-refractivity contribution is 5.68. The minimum absolute atomic E-state index is 0.289. The van der Waals surface area contributed by atoms with Crippen molar-refractivity contribution in [3.05, 3.63) is 47.7 Å². The maximum Gasteiger partial charge on any atom is 0.125 e. The molecule has 0 atom stereocenters. The molecule has 2 rings (SSSR count). The van der Waals surface area contributed by atoms with Crippen molar-refractivity contribution < 1.29 is 5.11 Å². The van der Waals surface area contributed by atoms with E-state index in [1.807, 2.05) is 38.1 Å². The van der Waals surface area contributed by atoms with Gasteiger partial charge in [-0.25, -0.2) is 0 Å². The zero-order valence-corrected chi connectivity index (χ0v) is 8.86. The molecule has 0 amide bonds. The lowest BCUT2D eigenvalue weighted by Crippen LogP contribution is -1.87. The fourth-order valence-electron chi connectivity index (χ4n) is 1.53. The zero-order chi connectivity index (χ0) is 10.8. The molecule has 0 saturated heterocycles. The van der Waals surface area contributed by atoms with Crippen LogP contribution in [0, 0.1) is 13.8 Å². The van der Waals surface area contributed by atoms with Gasteiger partial charge in [0.25, 0.3) is 0 Å². The molecule has 2 aromatic rings. The number of aromatic nitrogens is 1. The molecule has 0 aliphatic carbocycles. The van der Waals surface area contributed by atoms with E-state index in [9.17, 15) is 5.11 Å². The lowest BCUT2D eigenvalue weighted by Gasteiger charge is -2.07. The molecule has 1 aromatic heterocycles. The monoisotopic (exact) mass is 199 g/mol. The number of nitrogens with zero attached hydrogens (tertiary/aromatic N) is 1. The Bertz CT molecular complexity index is 477. The first-order valence-electron chi connectivity index (χ1n) is 4.90. The number of aromatic hydroxyl groups is 1. The lowest BCUT2D eigenvalue weighted by molar-refractivity contribution is 0.476. The normalized spacial score (nSPS) is 10.3. The quantitative estimate of drug-likeness (QED) is 0.765. The number of pyridine rings is 1. The maximum atomic E-state index is 9.83. The standard InChI is InChI=1S/C13H13NO/c1-9-7-11(13(15)8-10(9)2)12-5-3-4-6-14-12/h3-8,15H,1-2H3. The summed E-state index contributed by atoms with van der Waals surface area (Å²) in [5.41, 5.74) is 3.84. The summed E-state index contributed by atoms with van der Waals surface area (Å²) in [5, 5.41) is 9.83. The van der Waals surface area contributed by atoms with Gasteiger partial charge < -0.3 is 5.11 Å². The Balaban J connectivity index is 2.59. The summed E-state index contributed by atoms with van der Waals surface area (Å²) < 4.78 is 0. The minimum atomic E-state index is 0.289. The van der Waals surface area contributed by atoms with Crippen LogP contribution in [0.2, 0.25) is 0 Å². The van der Waals surface area contributed by atoms with Crippen LogP contribution in [0.4, 0.5) is 0 Å². The van der Waals surface area contributed by atoms with E-state index in [2.05, 4.69) is 4.98 Å². The first-order valence-corrected chi connectivity index (χ1v) is 4.90. The first kappa shape index (κ1) is 9.71. The average molecular weight is 199 g/mol. The van der Waals surface area contributed by atoms with Crippen LogP contribution in [-0.4, -0.2) is 10.1 Å². The lowest BCUT2D eigenvalue weighted by atomic mass is 10.0. The summed E-state index contributed by atoms with van der Waals surface area (Å²) in [6, 6.07) is 9.41. The molecule has 1 aromatic carbocycles. The summed E-state index contributed by atoms with van der Waals surface area (Å²) in [6.07, 6.45) is 1.73. The molecular weight excluding hydrogens is 186 g/mol. The van der Waals surface area contributed by atoms with Crippen molar-refractivity contribution >= 4 is 0 Å². The van der Waals surface area contributed by atoms with E-state index >= 15 is 0 Å². The second-order valence-electron chi connectivity index (χ2n) is 3.67. The molecule has 0 unspecified atom stereocenters. The van der Waals surface area contributed by atoms with Crippen molar-refractivity contribution in [2.75, 3.05) is 0 Å². The topological polar surface area (TPSA) is 33.1 Å². The number of rotatable bonds is 1. The number of phenols is 1. The number of aryl methyl sites for hydroxylation is 2. The second-order valence-corrected chi connectivity index (χ2v) is 3.67. The zero-order valence-electron chi connectivity index (χ0n) is 8.86. The molecule has 0 spiro atoms. The van der Waals surface area contributed by atoms with Crippen molar-refractivity contribution in [1.29, 1.82) is 0 Å². The van der Waals surface area contributed by atoms with Crippen LogP contribution in [0.15, 0.2) is 36.5 Å². The third-order valence-electron chi connectivity index (χ3n) is 2.55. The molecule has 15 heavy (non-hydrogen) atoms. The highest BCUT2D eigenvalue weighted by atomic mass is 16.3. The number of hydrogen-bond acceptors (Lipinski definition) is 2. The molecule has 0 aliphatic heterocycles. The van der Waals surface area contributed by atoms with E-state index < -0.39 is 0 Å². The van der Waals surface area contributed by atoms with Gasteiger partial charge in [0.05, 0.1) is 5.69 Å². The molecule has 2 heteroatoms. The van der Waals surface area contributed by atoms with Crippen LogP contribution in [-0.2, 0) is 0 Å². The number of benzene rings is 1. The van der Waals surface area contributed by atoms with E-state index in [-0.39, 0.29) is 5.75 Å². The molecule has 0 radical (unpaired) electrons. The Labute approximate surface area is 89.2 Å². The van der Waals surface area contributed by atoms with Crippen LogP contribution in [0.3, 0.4) is 0 Å². The molecule has 1 heterocycles. The molecular formula is C13H13NO. The summed E-state index contributed by atoms with van der Waals surface area (Å²) in [5.74, 6) is 0.289. The van der Waals surface area contributed by atoms with E-state index in [1.54, 1.807) is 12.3 Å². The van der Waals surface area contributed by atoms with Crippen LogP contribution in [0.1, 0.15) is 11.1 Å². The Hall–Kier alpha value is -1.83. The molecule has 76 valence electrons. The van der Waals surface area contributed by atoms with Gasteiger partial charge in [-0.05, 0) is 49.2 Å². The van der Waals surface area contributed by atoms with Gasteiger partial charge in [-0.15, -0.1) is 0 Å². The van der Waals surface area contributed by atoms with Gasteiger partial charge >= 0.3 is 0 Å². The SMILES string of the molecule is Cc1cc(O)c(-c2ccccn2)cc1C. The number of phenolic OH excluding ortho intramolecular Hbond substituents is 1. The van der Waals surface area contributed by atoms with Gasteiger partial charge in [0, 0.05) is 11.8 Å². The van der Waals surface area contributed by atoms with Gasteiger partial charge in [0.1, 0.15) is 5.75 Å². The molecule has 0 saturated carbocycles. The van der Waals surface area contributed by atoms with E-state index in [0.29, 0.717) is 0 Å². The summed E-state index contributed by atoms with van der Waals surface area (Å²) in [7, 11) is 0. The van der Waals surface area contributed by atoms with E-state index in [4.69, 9.17) is 0 Å². The van der Waals surface area contributed by atoms with Crippen molar-refractivity contribution in [1.82, 2.24) is 4.98 Å². The third-order valence-corrected chi connectivity index (χ3v) is 2.55. The van der Waals surface area contributed by atoms with Crippen molar-refractivity contribution in [3.8, 4) is 17.0 Å². The van der Waals surface area contributed by atoms with Gasteiger partial charge in [-0.2, -0.15) is 0 Å². The average Bonchev–Trinajstić information content (AvgIpc) is 2.25. The fourth-order valence-corrected chi connectivity index (χ4v) is 1.53. The van der Waals surface area contributed by atoms with Crippen LogP contribution >= 0.6 is 0 Å². The smallest absolute Gasteiger partial charge is 0.125 e. The highest BCUT2D eigenvalue weighted by Crippen LogP contribution is 2.29. The van der Waals surface area contributed by atoms with Gasteiger partial charge in [-0.1, -0.05) is 6.07 Å². The van der Waals surface area contributed by atoms with Crippen molar-refractivity contribution in [2.24, 2.45) is 0 Å². The van der Waals surface area contributed by atoms with Gasteiger partial charge in [-0.3, -0.25) is 4.98 Å². The highest BCUT2D eigenvalue weighted by Gasteiger charge is 2.06. The summed E-state index contributed by atoms with van der Waals surface area (Å²) in [4.78, 5) is 4.22. The van der Waals surface area contributed by atoms with Crippen LogP contribution in [0.5, 0.6) is 5.75 Å². The third kappa shape index (κ3) is 1.84. The second kappa shape index (κ2) is 3.73. The Kier molecular flexibility index (Phi) is 2.42. The number of hydrogen-bond donors (Lipinski definition) is 1. The van der Waals surface area contributed by atoms with Crippen molar-refractivity contribution in [2.45, 2.75) is 13.8 Å². The van der Waals surface area contributed by atoms with Gasteiger partial charge in [0.2, 0.25) is 0 Å². The summed E-state index contributed by atoms with van der Waals surface area (Å²) >= 11 is 0. The van der Waals surface area contributed by atoms with E-state index in [1.165, 1.54) is 0 Å². The summed E-state index contributed by atoms with van der Waals surface area (Å²) in [6.45, 7) is 4.01. The predicted octanol–water partition coefficient (Wildman–Crippen LogP) is 3.07. The van der Waals surface area contributed by atoms with Crippen LogP contribution in [0.25, 0.3) is 11.3 Å². The van der Waals surface area contributed by atoms with Crippen molar-refractivity contribution in [3.63, 3.8) is 0 Å². The maximum absolute atomic E-state index is 9.83. The Morgan fingerprint density at radius 2 is 1.80 bits per heavy atom. The fraction of sp³-hybridized carbons (Fsp3) is 0.154. The first-order chi connectivity index (χ1) is 7.18. The minimum Gasteiger partial charge on any atom is -0.507 e. The molecule has 0 fully saturated rings. The Morgan fingerprint density at radius 1 is 1.07 bits per heavy atom. The van der Waals surface area contributed by atoms with E-state index in [0.717, 1.165) is 22.4 Å². The molecule has 0 bridgehead atoms. The molecule has 0 aliphatic rings. The molecule has 2 nitrogen and oxygen atoms in total. The van der Waals surface area contributed by atoms with Gasteiger partial charge in [0.15, 0.2) is 0 Å². The Morgan fingerprint density at radius 3 is 2.47 bits per heavy atom.